The van der Waals surface area contributed by atoms with Crippen molar-refractivity contribution < 1.29 is 33.8 Å². The molecule has 1 aromatic carbocycles. The summed E-state index contributed by atoms with van der Waals surface area (Å²) < 4.78 is 17.2. The molecular weight excluding hydrogens is 497 g/mol. The Bertz CT molecular complexity index is 1240. The third-order valence-electron chi connectivity index (χ3n) is 11.0. The number of benzene rings is 1. The minimum Gasteiger partial charge on any atom is -0.481 e. The van der Waals surface area contributed by atoms with Crippen LogP contribution in [0.3, 0.4) is 0 Å². The smallest absolute Gasteiger partial charge is 0.481 e. The first-order valence-corrected chi connectivity index (χ1v) is 13.9. The van der Waals surface area contributed by atoms with E-state index in [2.05, 4.69) is 33.4 Å². The van der Waals surface area contributed by atoms with E-state index in [0.717, 1.165) is 19.3 Å². The van der Waals surface area contributed by atoms with Crippen molar-refractivity contribution in [2.75, 3.05) is 6.61 Å². The lowest BCUT2D eigenvalue weighted by Gasteiger charge is -2.61. The number of ketones is 1. The Balaban J connectivity index is 1.45. The van der Waals surface area contributed by atoms with Crippen LogP contribution in [-0.2, 0) is 25.6 Å². The van der Waals surface area contributed by atoms with Crippen LogP contribution in [0.25, 0.3) is 0 Å². The molecule has 4 aliphatic rings. The molecule has 1 aliphatic heterocycles. The SMILES string of the molecule is C=C[C@]1(C)C[C@@H](OC(=O)COc2ccc3c(c2C#N)B(O)OC3)[C@]2(C)[C@H](C)CC[C@]3(CCC(=O)[C@H]32)[C@@H](C)[C@@H]1O. The van der Waals surface area contributed by atoms with E-state index in [0.29, 0.717) is 23.9 Å². The number of esters is 1. The summed E-state index contributed by atoms with van der Waals surface area (Å²) in [6.45, 7) is 12.0. The molecule has 1 heterocycles. The van der Waals surface area contributed by atoms with Crippen molar-refractivity contribution >= 4 is 24.3 Å². The Labute approximate surface area is 230 Å². The number of carbonyl (C=O) groups is 2. The molecule has 0 aromatic heterocycles. The van der Waals surface area contributed by atoms with Crippen LogP contribution >= 0.6 is 0 Å². The fourth-order valence-corrected chi connectivity index (χ4v) is 8.37. The normalized spacial score (nSPS) is 39.2. The van der Waals surface area contributed by atoms with Crippen molar-refractivity contribution in [3.8, 4) is 11.8 Å². The molecule has 3 aliphatic carbocycles. The Hall–Kier alpha value is -2.67. The molecular formula is C30H38BNO7. The summed E-state index contributed by atoms with van der Waals surface area (Å²) in [6.07, 6.45) is 3.67. The number of aliphatic hydroxyl groups is 1. The van der Waals surface area contributed by atoms with Gasteiger partial charge in [-0.3, -0.25) is 4.79 Å². The Morgan fingerprint density at radius 2 is 2.08 bits per heavy atom. The van der Waals surface area contributed by atoms with Crippen LogP contribution in [0, 0.1) is 45.3 Å². The van der Waals surface area contributed by atoms with Crippen molar-refractivity contribution in [1.29, 1.82) is 5.26 Å². The van der Waals surface area contributed by atoms with Crippen LogP contribution in [0.5, 0.6) is 5.75 Å². The van der Waals surface area contributed by atoms with Crippen molar-refractivity contribution in [3.63, 3.8) is 0 Å². The lowest BCUT2D eigenvalue weighted by Crippen LogP contribution is -2.63. The Morgan fingerprint density at radius 1 is 1.33 bits per heavy atom. The topological polar surface area (TPSA) is 126 Å². The molecule has 0 amide bonds. The van der Waals surface area contributed by atoms with Gasteiger partial charge in [-0.1, -0.05) is 39.8 Å². The average Bonchev–Trinajstić information content (AvgIpc) is 3.48. The maximum Gasteiger partial charge on any atom is 0.493 e. The molecule has 2 N–H and O–H groups in total. The number of fused-ring (bicyclic) bond motifs is 1. The predicted molar refractivity (Wildman–Crippen MR) is 144 cm³/mol. The molecule has 3 saturated carbocycles. The summed E-state index contributed by atoms with van der Waals surface area (Å²) in [4.78, 5) is 26.8. The van der Waals surface area contributed by atoms with Gasteiger partial charge in [-0.2, -0.15) is 5.26 Å². The van der Waals surface area contributed by atoms with Gasteiger partial charge < -0.3 is 24.3 Å². The van der Waals surface area contributed by atoms with E-state index >= 15 is 0 Å². The molecule has 8 atom stereocenters. The highest BCUT2D eigenvalue weighted by molar-refractivity contribution is 6.62. The first-order valence-electron chi connectivity index (χ1n) is 13.9. The molecule has 5 rings (SSSR count). The fourth-order valence-electron chi connectivity index (χ4n) is 8.37. The first-order chi connectivity index (χ1) is 18.4. The molecule has 208 valence electrons. The van der Waals surface area contributed by atoms with Crippen LogP contribution in [0.15, 0.2) is 24.8 Å². The lowest BCUT2D eigenvalue weighted by atomic mass is 9.44. The number of Topliss-reactive ketones (excluding diaryl/α,β-unsaturated/α-hetero) is 1. The third-order valence-corrected chi connectivity index (χ3v) is 11.0. The summed E-state index contributed by atoms with van der Waals surface area (Å²) in [5.74, 6) is -0.553. The van der Waals surface area contributed by atoms with Crippen LogP contribution in [-0.4, -0.2) is 47.8 Å². The average molecular weight is 535 g/mol. The Kier molecular flexibility index (Phi) is 6.98. The second-order valence-corrected chi connectivity index (χ2v) is 12.6. The van der Waals surface area contributed by atoms with Gasteiger partial charge in [0.25, 0.3) is 0 Å². The highest BCUT2D eigenvalue weighted by atomic mass is 16.6. The number of nitriles is 1. The minimum absolute atomic E-state index is 0.104. The van der Waals surface area contributed by atoms with E-state index < -0.39 is 42.7 Å². The number of hydrogen-bond donors (Lipinski definition) is 2. The van der Waals surface area contributed by atoms with Gasteiger partial charge in [0.15, 0.2) is 6.61 Å². The number of aliphatic hydroxyl groups excluding tert-OH is 1. The predicted octanol–water partition coefficient (Wildman–Crippen LogP) is 3.06. The van der Waals surface area contributed by atoms with Crippen LogP contribution < -0.4 is 10.2 Å². The van der Waals surface area contributed by atoms with Crippen LogP contribution in [0.4, 0.5) is 0 Å². The second-order valence-electron chi connectivity index (χ2n) is 12.6. The highest BCUT2D eigenvalue weighted by Crippen LogP contribution is 2.68. The summed E-state index contributed by atoms with van der Waals surface area (Å²) in [5, 5.41) is 31.5. The molecule has 39 heavy (non-hydrogen) atoms. The molecule has 2 bridgehead atoms. The zero-order chi connectivity index (χ0) is 28.3. The third kappa shape index (κ3) is 4.06. The van der Waals surface area contributed by atoms with Crippen molar-refractivity contribution in [1.82, 2.24) is 0 Å². The van der Waals surface area contributed by atoms with E-state index in [-0.39, 0.29) is 46.9 Å². The molecule has 9 heteroatoms. The summed E-state index contributed by atoms with van der Waals surface area (Å²) >= 11 is 0. The van der Waals surface area contributed by atoms with Crippen LogP contribution in [0.1, 0.15) is 70.9 Å². The molecule has 0 saturated heterocycles. The van der Waals surface area contributed by atoms with Gasteiger partial charge in [-0.25, -0.2) is 4.79 Å². The van der Waals surface area contributed by atoms with Gasteiger partial charge in [0.2, 0.25) is 0 Å². The molecule has 8 nitrogen and oxygen atoms in total. The van der Waals surface area contributed by atoms with Gasteiger partial charge in [0.05, 0.1) is 18.3 Å². The van der Waals surface area contributed by atoms with Gasteiger partial charge in [0, 0.05) is 28.6 Å². The van der Waals surface area contributed by atoms with Crippen molar-refractivity contribution in [2.24, 2.45) is 34.0 Å². The fraction of sp³-hybridized carbons (Fsp3) is 0.633. The minimum atomic E-state index is -1.22. The van der Waals surface area contributed by atoms with E-state index in [4.69, 9.17) is 14.1 Å². The lowest BCUT2D eigenvalue weighted by molar-refractivity contribution is -0.207. The second kappa shape index (κ2) is 9.76. The van der Waals surface area contributed by atoms with Gasteiger partial charge >= 0.3 is 13.1 Å². The van der Waals surface area contributed by atoms with E-state index in [1.165, 1.54) is 0 Å². The van der Waals surface area contributed by atoms with Gasteiger partial charge in [0.1, 0.15) is 23.7 Å². The van der Waals surface area contributed by atoms with Gasteiger partial charge in [-0.05, 0) is 54.6 Å². The highest BCUT2D eigenvalue weighted by Gasteiger charge is 2.68. The van der Waals surface area contributed by atoms with E-state index in [1.54, 1.807) is 18.2 Å². The van der Waals surface area contributed by atoms with Crippen molar-refractivity contribution in [3.05, 3.63) is 35.9 Å². The van der Waals surface area contributed by atoms with Crippen molar-refractivity contribution in [2.45, 2.75) is 78.6 Å². The quantitative estimate of drug-likeness (QED) is 0.335. The van der Waals surface area contributed by atoms with E-state index in [1.807, 2.05) is 6.92 Å². The van der Waals surface area contributed by atoms with E-state index in [9.17, 15) is 25.0 Å². The number of nitrogens with zero attached hydrogens (tertiary/aromatic N) is 1. The zero-order valence-corrected chi connectivity index (χ0v) is 23.2. The molecule has 0 radical (unpaired) electrons. The molecule has 0 unspecified atom stereocenters. The summed E-state index contributed by atoms with van der Waals surface area (Å²) in [5.41, 5.74) is -0.512. The number of rotatable bonds is 5. The largest absolute Gasteiger partial charge is 0.493 e. The first kappa shape index (κ1) is 27.9. The maximum absolute atomic E-state index is 13.5. The molecule has 0 spiro atoms. The van der Waals surface area contributed by atoms with Gasteiger partial charge in [-0.15, -0.1) is 6.58 Å². The molecule has 1 aromatic rings. The standard InChI is InChI=1S/C30H38BNO7/c1-6-28(4)13-23(29(5)17(2)9-11-30(18(3)27(28)35)12-10-21(33)26(29)30)39-24(34)16-37-22-8-7-19-15-38-31(36)25(19)20(22)14-32/h6-8,17-18,23,26-27,35-36H,1,9-13,15-16H2,2-5H3/t17-,18+,23-,26+,27+,28-,29+,30+/m1/s1. The number of carbonyl (C=O) groups excluding carboxylic acids is 2. The zero-order valence-electron chi connectivity index (χ0n) is 23.2. The molecule has 3 fully saturated rings. The number of ether oxygens (including phenoxy) is 2. The maximum atomic E-state index is 13.5. The summed E-state index contributed by atoms with van der Waals surface area (Å²) in [7, 11) is -1.22. The summed E-state index contributed by atoms with van der Waals surface area (Å²) in [6, 6.07) is 5.34. The monoisotopic (exact) mass is 535 g/mol. The Morgan fingerprint density at radius 3 is 2.77 bits per heavy atom. The number of hydrogen-bond acceptors (Lipinski definition) is 8. The van der Waals surface area contributed by atoms with Crippen LogP contribution in [0.2, 0.25) is 0 Å².